The van der Waals surface area contributed by atoms with E-state index in [2.05, 4.69) is 10.3 Å². The second-order valence-corrected chi connectivity index (χ2v) is 4.59. The first-order valence-corrected chi connectivity index (χ1v) is 6.17. The van der Waals surface area contributed by atoms with Crippen LogP contribution in [0.2, 0.25) is 10.0 Å². The number of aromatic nitrogens is 3. The molecule has 0 bridgehead atoms. The summed E-state index contributed by atoms with van der Waals surface area (Å²) in [5, 5.41) is 17.9. The molecule has 2 aromatic rings. The predicted molar refractivity (Wildman–Crippen MR) is 69.7 cm³/mol. The zero-order valence-electron chi connectivity index (χ0n) is 9.69. The van der Waals surface area contributed by atoms with Gasteiger partial charge in [-0.1, -0.05) is 41.4 Å². The molecule has 1 aromatic heterocycles. The smallest absolute Gasteiger partial charge is 0.185 e. The van der Waals surface area contributed by atoms with Gasteiger partial charge in [0.05, 0.1) is 12.2 Å². The van der Waals surface area contributed by atoms with Gasteiger partial charge in [-0.2, -0.15) is 5.26 Å². The first-order valence-electron chi connectivity index (χ1n) is 5.42. The molecule has 18 heavy (non-hydrogen) atoms. The minimum absolute atomic E-state index is 0.364. The Kier molecular flexibility index (Phi) is 3.85. The summed E-state index contributed by atoms with van der Waals surface area (Å²) in [5.74, 6) is 0. The lowest BCUT2D eigenvalue weighted by Gasteiger charge is -2.07. The van der Waals surface area contributed by atoms with Crippen molar-refractivity contribution in [2.24, 2.45) is 0 Å². The fourth-order valence-electron chi connectivity index (χ4n) is 1.71. The maximum Gasteiger partial charge on any atom is 0.185 e. The van der Waals surface area contributed by atoms with Gasteiger partial charge in [0.2, 0.25) is 0 Å². The van der Waals surface area contributed by atoms with E-state index in [-0.39, 0.29) is 0 Å². The van der Waals surface area contributed by atoms with Crippen LogP contribution >= 0.6 is 23.2 Å². The van der Waals surface area contributed by atoms with Crippen molar-refractivity contribution in [3.8, 4) is 6.07 Å². The van der Waals surface area contributed by atoms with Gasteiger partial charge in [-0.15, -0.1) is 5.10 Å². The molecule has 0 fully saturated rings. The molecule has 0 radical (unpaired) electrons. The molecule has 1 heterocycles. The Bertz CT molecular complexity index is 613. The van der Waals surface area contributed by atoms with Crippen molar-refractivity contribution in [3.05, 3.63) is 45.2 Å². The Morgan fingerprint density at radius 2 is 2.17 bits per heavy atom. The SMILES string of the molecule is CCc1c(C#N)nnn1Cc1ccc(Cl)cc1Cl. The van der Waals surface area contributed by atoms with Gasteiger partial charge in [0.25, 0.3) is 0 Å². The predicted octanol–water partition coefficient (Wildman–Crippen LogP) is 3.07. The summed E-state index contributed by atoms with van der Waals surface area (Å²) < 4.78 is 1.69. The lowest BCUT2D eigenvalue weighted by atomic mass is 10.2. The number of halogens is 2. The molecule has 0 spiro atoms. The van der Waals surface area contributed by atoms with E-state index in [9.17, 15) is 0 Å². The number of rotatable bonds is 3. The molecule has 92 valence electrons. The lowest BCUT2D eigenvalue weighted by molar-refractivity contribution is 0.622. The zero-order chi connectivity index (χ0) is 13.1. The Morgan fingerprint density at radius 3 is 2.78 bits per heavy atom. The van der Waals surface area contributed by atoms with Crippen LogP contribution in [0, 0.1) is 11.3 Å². The molecular weight excluding hydrogens is 271 g/mol. The number of benzene rings is 1. The Hall–Kier alpha value is -1.57. The molecule has 0 aliphatic carbocycles. The third-order valence-electron chi connectivity index (χ3n) is 2.61. The van der Waals surface area contributed by atoms with E-state index in [1.807, 2.05) is 19.1 Å². The van der Waals surface area contributed by atoms with Gasteiger partial charge in [0.15, 0.2) is 5.69 Å². The monoisotopic (exact) mass is 280 g/mol. The molecule has 0 unspecified atom stereocenters. The van der Waals surface area contributed by atoms with Crippen molar-refractivity contribution in [3.63, 3.8) is 0 Å². The molecule has 0 saturated carbocycles. The minimum Gasteiger partial charge on any atom is -0.244 e. The minimum atomic E-state index is 0.364. The van der Waals surface area contributed by atoms with Crippen LogP contribution in [0.15, 0.2) is 18.2 Å². The quantitative estimate of drug-likeness (QED) is 0.868. The molecule has 4 nitrogen and oxygen atoms in total. The third kappa shape index (κ3) is 2.47. The maximum absolute atomic E-state index is 8.91. The van der Waals surface area contributed by atoms with Crippen LogP contribution in [0.25, 0.3) is 0 Å². The standard InChI is InChI=1S/C12H10Cl2N4/c1-2-12-11(6-15)16-17-18(12)7-8-3-4-9(13)5-10(8)14/h3-5H,2,7H2,1H3. The molecule has 0 atom stereocenters. The van der Waals surface area contributed by atoms with Gasteiger partial charge in [-0.25, -0.2) is 4.68 Å². The molecule has 0 N–H and O–H groups in total. The van der Waals surface area contributed by atoms with Gasteiger partial charge in [0, 0.05) is 10.0 Å². The molecule has 0 saturated heterocycles. The first kappa shape index (κ1) is 12.9. The average molecular weight is 281 g/mol. The van der Waals surface area contributed by atoms with E-state index in [4.69, 9.17) is 28.5 Å². The number of nitriles is 1. The summed E-state index contributed by atoms with van der Waals surface area (Å²) in [6, 6.07) is 7.33. The number of nitrogens with zero attached hydrogens (tertiary/aromatic N) is 4. The van der Waals surface area contributed by atoms with Crippen molar-refractivity contribution >= 4 is 23.2 Å². The highest BCUT2D eigenvalue weighted by atomic mass is 35.5. The third-order valence-corrected chi connectivity index (χ3v) is 3.20. The Labute approximate surface area is 115 Å². The van der Waals surface area contributed by atoms with Crippen LogP contribution < -0.4 is 0 Å². The van der Waals surface area contributed by atoms with Gasteiger partial charge in [0.1, 0.15) is 6.07 Å². The molecule has 1 aromatic carbocycles. The van der Waals surface area contributed by atoms with E-state index < -0.39 is 0 Å². The summed E-state index contributed by atoms with van der Waals surface area (Å²) in [6.45, 7) is 2.44. The summed E-state index contributed by atoms with van der Waals surface area (Å²) in [6.07, 6.45) is 0.696. The van der Waals surface area contributed by atoms with Crippen molar-refractivity contribution in [1.82, 2.24) is 15.0 Å². The van der Waals surface area contributed by atoms with E-state index in [1.165, 1.54) is 0 Å². The maximum atomic E-state index is 8.91. The van der Waals surface area contributed by atoms with Crippen molar-refractivity contribution in [1.29, 1.82) is 5.26 Å². The topological polar surface area (TPSA) is 54.5 Å². The summed E-state index contributed by atoms with van der Waals surface area (Å²) in [5.41, 5.74) is 2.07. The van der Waals surface area contributed by atoms with Crippen LogP contribution in [0.3, 0.4) is 0 Å². The molecule has 0 amide bonds. The second kappa shape index (κ2) is 5.38. The number of hydrogen-bond donors (Lipinski definition) is 0. The first-order chi connectivity index (χ1) is 8.65. The van der Waals surface area contributed by atoms with E-state index in [1.54, 1.807) is 16.8 Å². The van der Waals surface area contributed by atoms with Gasteiger partial charge in [-0.05, 0) is 24.1 Å². The summed E-state index contributed by atoms with van der Waals surface area (Å²) in [4.78, 5) is 0. The van der Waals surface area contributed by atoms with Crippen molar-refractivity contribution in [2.45, 2.75) is 19.9 Å². The van der Waals surface area contributed by atoms with E-state index in [0.29, 0.717) is 28.7 Å². The van der Waals surface area contributed by atoms with Crippen molar-refractivity contribution < 1.29 is 0 Å². The van der Waals surface area contributed by atoms with Crippen LogP contribution in [0.1, 0.15) is 23.9 Å². The van der Waals surface area contributed by atoms with Crippen LogP contribution in [0.5, 0.6) is 0 Å². The highest BCUT2D eigenvalue weighted by Gasteiger charge is 2.12. The van der Waals surface area contributed by atoms with E-state index >= 15 is 0 Å². The van der Waals surface area contributed by atoms with Crippen LogP contribution in [-0.2, 0) is 13.0 Å². The fraction of sp³-hybridized carbons (Fsp3) is 0.250. The van der Waals surface area contributed by atoms with Gasteiger partial charge < -0.3 is 0 Å². The molecular formula is C12H10Cl2N4. The summed E-state index contributed by atoms with van der Waals surface area (Å²) in [7, 11) is 0. The van der Waals surface area contributed by atoms with Crippen LogP contribution in [0.4, 0.5) is 0 Å². The van der Waals surface area contributed by atoms with Crippen LogP contribution in [-0.4, -0.2) is 15.0 Å². The highest BCUT2D eigenvalue weighted by molar-refractivity contribution is 6.35. The Balaban J connectivity index is 2.34. The Morgan fingerprint density at radius 1 is 1.39 bits per heavy atom. The van der Waals surface area contributed by atoms with Gasteiger partial charge in [-0.3, -0.25) is 0 Å². The molecule has 0 aliphatic heterocycles. The van der Waals surface area contributed by atoms with Crippen molar-refractivity contribution in [2.75, 3.05) is 0 Å². The molecule has 2 rings (SSSR count). The molecule has 0 aliphatic rings. The van der Waals surface area contributed by atoms with Gasteiger partial charge >= 0.3 is 0 Å². The second-order valence-electron chi connectivity index (χ2n) is 3.74. The van der Waals surface area contributed by atoms with E-state index in [0.717, 1.165) is 11.3 Å². The normalized spacial score (nSPS) is 10.3. The zero-order valence-corrected chi connectivity index (χ0v) is 11.2. The summed E-state index contributed by atoms with van der Waals surface area (Å²) >= 11 is 11.9. The molecule has 6 heteroatoms. The largest absolute Gasteiger partial charge is 0.244 e. The fourth-order valence-corrected chi connectivity index (χ4v) is 2.18. The highest BCUT2D eigenvalue weighted by Crippen LogP contribution is 2.22. The number of hydrogen-bond acceptors (Lipinski definition) is 3. The average Bonchev–Trinajstić information content (AvgIpc) is 2.74. The lowest BCUT2D eigenvalue weighted by Crippen LogP contribution is -2.06.